The summed E-state index contributed by atoms with van der Waals surface area (Å²) in [5, 5.41) is 5.46. The third-order valence-corrected chi connectivity index (χ3v) is 7.04. The number of carbonyl (C=O) groups excluding carboxylic acids is 4. The van der Waals surface area contributed by atoms with E-state index in [0.29, 0.717) is 21.0 Å². The first-order valence-corrected chi connectivity index (χ1v) is 12.7. The first-order valence-electron chi connectivity index (χ1n) is 10.6. The minimum Gasteiger partial charge on any atom is -0.452 e. The number of ether oxygens (including phenoxy) is 1. The summed E-state index contributed by atoms with van der Waals surface area (Å²) in [6.07, 6.45) is 1.61. The van der Waals surface area contributed by atoms with Gasteiger partial charge in [0.2, 0.25) is 0 Å². The van der Waals surface area contributed by atoms with Gasteiger partial charge < -0.3 is 10.1 Å². The maximum absolute atomic E-state index is 12.7. The molecule has 36 heavy (non-hydrogen) atoms. The van der Waals surface area contributed by atoms with Crippen LogP contribution in [0.2, 0.25) is 0 Å². The third kappa shape index (κ3) is 6.25. The van der Waals surface area contributed by atoms with Gasteiger partial charge in [-0.25, -0.2) is 4.79 Å². The van der Waals surface area contributed by atoms with E-state index in [-0.39, 0.29) is 9.88 Å². The van der Waals surface area contributed by atoms with Crippen molar-refractivity contribution >= 4 is 75.1 Å². The zero-order valence-corrected chi connectivity index (χ0v) is 21.3. The second kappa shape index (κ2) is 11.3. The number of benzene rings is 2. The van der Waals surface area contributed by atoms with E-state index in [1.165, 1.54) is 23.5 Å². The van der Waals surface area contributed by atoms with Crippen LogP contribution in [0.25, 0.3) is 6.08 Å². The van der Waals surface area contributed by atoms with E-state index in [1.807, 2.05) is 19.1 Å². The molecule has 1 aromatic heterocycles. The van der Waals surface area contributed by atoms with Crippen molar-refractivity contribution in [3.05, 3.63) is 92.5 Å². The van der Waals surface area contributed by atoms with E-state index in [9.17, 15) is 19.2 Å². The number of aryl methyl sites for hydroxylation is 1. The molecule has 3 aromatic rings. The number of hydrogen-bond donors (Lipinski definition) is 2. The Bertz CT molecular complexity index is 1350. The number of hydrogen-bond acceptors (Lipinski definition) is 8. The fourth-order valence-corrected chi connectivity index (χ4v) is 4.84. The van der Waals surface area contributed by atoms with Gasteiger partial charge in [0.1, 0.15) is 0 Å². The van der Waals surface area contributed by atoms with E-state index < -0.39 is 30.3 Å². The van der Waals surface area contributed by atoms with Crippen LogP contribution in [-0.2, 0) is 14.3 Å². The number of nitrogens with one attached hydrogen (secondary N) is 2. The lowest BCUT2D eigenvalue weighted by molar-refractivity contribution is -0.123. The van der Waals surface area contributed by atoms with E-state index in [0.717, 1.165) is 22.3 Å². The Kier molecular flexibility index (Phi) is 7.93. The summed E-state index contributed by atoms with van der Waals surface area (Å²) < 4.78 is 5.29. The molecule has 1 aliphatic heterocycles. The number of amides is 3. The van der Waals surface area contributed by atoms with Crippen molar-refractivity contribution in [2.45, 2.75) is 6.92 Å². The molecule has 3 amide bonds. The van der Waals surface area contributed by atoms with Gasteiger partial charge in [0.05, 0.1) is 15.3 Å². The van der Waals surface area contributed by atoms with Crippen LogP contribution >= 0.6 is 35.3 Å². The Labute approximate surface area is 220 Å². The molecule has 2 N–H and O–H groups in total. The van der Waals surface area contributed by atoms with Crippen LogP contribution in [0.5, 0.6) is 0 Å². The van der Waals surface area contributed by atoms with Crippen LogP contribution in [0.15, 0.2) is 70.9 Å². The molecule has 0 saturated carbocycles. The highest BCUT2D eigenvalue weighted by molar-refractivity contribution is 8.26. The molecule has 1 saturated heterocycles. The van der Waals surface area contributed by atoms with Crippen molar-refractivity contribution in [1.29, 1.82) is 0 Å². The van der Waals surface area contributed by atoms with Gasteiger partial charge in [-0.05, 0) is 66.5 Å². The Morgan fingerprint density at radius 3 is 2.44 bits per heavy atom. The maximum atomic E-state index is 12.7. The highest BCUT2D eigenvalue weighted by Crippen LogP contribution is 2.31. The van der Waals surface area contributed by atoms with Crippen molar-refractivity contribution in [3.63, 3.8) is 0 Å². The first-order chi connectivity index (χ1) is 17.3. The summed E-state index contributed by atoms with van der Waals surface area (Å²) in [6, 6.07) is 17.0. The summed E-state index contributed by atoms with van der Waals surface area (Å²) >= 11 is 7.55. The number of anilines is 1. The average Bonchev–Trinajstić information content (AvgIpc) is 3.49. The molecule has 8 nitrogen and oxygen atoms in total. The molecule has 0 unspecified atom stereocenters. The summed E-state index contributed by atoms with van der Waals surface area (Å²) in [5.74, 6) is -1.96. The molecule has 0 radical (unpaired) electrons. The minimum absolute atomic E-state index is 0.209. The number of thioether (sulfide) groups is 1. The highest BCUT2D eigenvalue weighted by atomic mass is 32.2. The molecule has 0 atom stereocenters. The van der Waals surface area contributed by atoms with Gasteiger partial charge >= 0.3 is 5.97 Å². The third-order valence-electron chi connectivity index (χ3n) is 4.87. The topological polar surface area (TPSA) is 105 Å². The van der Waals surface area contributed by atoms with Gasteiger partial charge in [-0.15, -0.1) is 11.3 Å². The van der Waals surface area contributed by atoms with Gasteiger partial charge in [-0.1, -0.05) is 47.7 Å². The van der Waals surface area contributed by atoms with E-state index >= 15 is 0 Å². The van der Waals surface area contributed by atoms with Gasteiger partial charge in [0, 0.05) is 5.69 Å². The number of carbonyl (C=O) groups is 4. The Balaban J connectivity index is 1.32. The fourth-order valence-electron chi connectivity index (χ4n) is 3.04. The lowest BCUT2D eigenvalue weighted by Gasteiger charge is -2.14. The zero-order chi connectivity index (χ0) is 25.7. The van der Waals surface area contributed by atoms with Crippen LogP contribution < -0.4 is 10.7 Å². The van der Waals surface area contributed by atoms with Crippen LogP contribution in [0.3, 0.4) is 0 Å². The van der Waals surface area contributed by atoms with E-state index in [1.54, 1.807) is 47.9 Å². The van der Waals surface area contributed by atoms with Gasteiger partial charge in [-0.3, -0.25) is 19.8 Å². The number of thiophene rings is 1. The average molecular weight is 538 g/mol. The molecule has 4 rings (SSSR count). The molecule has 2 aromatic carbocycles. The molecule has 0 spiro atoms. The van der Waals surface area contributed by atoms with Gasteiger partial charge in [0.15, 0.2) is 10.9 Å². The zero-order valence-electron chi connectivity index (χ0n) is 18.8. The fraction of sp³-hybridized carbons (Fsp3) is 0.0800. The van der Waals surface area contributed by atoms with Gasteiger partial charge in [0.25, 0.3) is 17.7 Å². The van der Waals surface area contributed by atoms with Crippen LogP contribution in [0, 0.1) is 6.92 Å². The second-order valence-corrected chi connectivity index (χ2v) is 10.2. The van der Waals surface area contributed by atoms with Crippen molar-refractivity contribution in [3.8, 4) is 0 Å². The van der Waals surface area contributed by atoms with Gasteiger partial charge in [-0.2, -0.15) is 5.01 Å². The SMILES string of the molecule is Cc1ccc(NC(=O)COC(=O)c2ccc(/C=C3\SC(=S)N(NC(=O)c4cccs4)C3=O)cc2)cc1. The summed E-state index contributed by atoms with van der Waals surface area (Å²) in [6.45, 7) is 1.52. The second-order valence-electron chi connectivity index (χ2n) is 7.55. The predicted molar refractivity (Wildman–Crippen MR) is 143 cm³/mol. The smallest absolute Gasteiger partial charge is 0.338 e. The van der Waals surface area contributed by atoms with E-state index in [4.69, 9.17) is 17.0 Å². The van der Waals surface area contributed by atoms with Crippen molar-refractivity contribution in [2.75, 3.05) is 11.9 Å². The lowest BCUT2D eigenvalue weighted by Crippen LogP contribution is -2.44. The standard InChI is InChI=1S/C25H19N3O5S3/c1-15-4-10-18(11-5-15)26-21(29)14-33-24(32)17-8-6-16(7-9-17)13-20-23(31)28(25(34)36-20)27-22(30)19-3-2-12-35-19/h2-13H,14H2,1H3,(H,26,29)(H,27,30)/b20-13-. The Morgan fingerprint density at radius 2 is 1.78 bits per heavy atom. The number of rotatable bonds is 7. The number of hydrazine groups is 1. The van der Waals surface area contributed by atoms with Crippen molar-refractivity contribution in [1.82, 2.24) is 10.4 Å². The molecular weight excluding hydrogens is 518 g/mol. The molecule has 2 heterocycles. The molecule has 0 bridgehead atoms. The highest BCUT2D eigenvalue weighted by Gasteiger charge is 2.33. The quantitative estimate of drug-likeness (QED) is 0.262. The van der Waals surface area contributed by atoms with Crippen LogP contribution in [0.1, 0.15) is 31.2 Å². The molecule has 182 valence electrons. The minimum atomic E-state index is -0.650. The maximum Gasteiger partial charge on any atom is 0.338 e. The molecule has 11 heteroatoms. The normalized spacial score (nSPS) is 14.1. The Hall–Kier alpha value is -3.80. The summed E-state index contributed by atoms with van der Waals surface area (Å²) in [4.78, 5) is 50.1. The van der Waals surface area contributed by atoms with E-state index in [2.05, 4.69) is 10.7 Å². The Morgan fingerprint density at radius 1 is 1.06 bits per heavy atom. The first kappa shape index (κ1) is 25.3. The molecule has 1 aliphatic rings. The number of nitrogens with zero attached hydrogens (tertiary/aromatic N) is 1. The van der Waals surface area contributed by atoms with Crippen molar-refractivity contribution < 1.29 is 23.9 Å². The molecule has 0 aliphatic carbocycles. The summed E-state index contributed by atoms with van der Waals surface area (Å²) in [5.41, 5.74) is 5.10. The van der Waals surface area contributed by atoms with Crippen LogP contribution in [-0.4, -0.2) is 39.6 Å². The van der Waals surface area contributed by atoms with Crippen LogP contribution in [0.4, 0.5) is 5.69 Å². The predicted octanol–water partition coefficient (Wildman–Crippen LogP) is 4.40. The summed E-state index contributed by atoms with van der Waals surface area (Å²) in [7, 11) is 0. The van der Waals surface area contributed by atoms with Crippen molar-refractivity contribution in [2.24, 2.45) is 0 Å². The lowest BCUT2D eigenvalue weighted by atomic mass is 10.1. The molecular formula is C25H19N3O5S3. The number of thiocarbonyl (C=S) groups is 1. The largest absolute Gasteiger partial charge is 0.452 e. The molecule has 1 fully saturated rings. The monoisotopic (exact) mass is 537 g/mol. The number of esters is 1.